The van der Waals surface area contributed by atoms with Crippen molar-refractivity contribution in [1.82, 2.24) is 9.55 Å². The summed E-state index contributed by atoms with van der Waals surface area (Å²) in [6, 6.07) is 1.88. The number of thioether (sulfide) groups is 1. The van der Waals surface area contributed by atoms with Crippen molar-refractivity contribution in [3.8, 4) is 0 Å². The highest BCUT2D eigenvalue weighted by molar-refractivity contribution is 7.98. The average molecular weight is 354 g/mol. The first-order valence-corrected chi connectivity index (χ1v) is 9.87. The standard InChI is InChI=1S/C16H22N2O3S2/c1-4-6-7-8-21-13(19)10-18-15(20)12-9-11(5-2)23-14(12)17-16(18)22-3/h9H,4-8,10H2,1-3H3. The summed E-state index contributed by atoms with van der Waals surface area (Å²) in [7, 11) is 0. The second-order valence-electron chi connectivity index (χ2n) is 5.20. The van der Waals surface area contributed by atoms with Crippen LogP contribution in [-0.2, 0) is 22.5 Å². The Morgan fingerprint density at radius 3 is 2.83 bits per heavy atom. The molecule has 0 aliphatic rings. The Morgan fingerprint density at radius 1 is 1.39 bits per heavy atom. The summed E-state index contributed by atoms with van der Waals surface area (Å²) in [6.07, 6.45) is 5.69. The van der Waals surface area contributed by atoms with Gasteiger partial charge in [-0.05, 0) is 25.2 Å². The van der Waals surface area contributed by atoms with E-state index in [1.807, 2.05) is 19.2 Å². The van der Waals surface area contributed by atoms with E-state index in [2.05, 4.69) is 11.9 Å². The molecule has 0 bridgehead atoms. The zero-order chi connectivity index (χ0) is 16.8. The number of ether oxygens (including phenoxy) is 1. The fourth-order valence-corrected chi connectivity index (χ4v) is 3.80. The van der Waals surface area contributed by atoms with E-state index in [1.54, 1.807) is 0 Å². The summed E-state index contributed by atoms with van der Waals surface area (Å²) >= 11 is 2.90. The number of hydrogen-bond acceptors (Lipinski definition) is 6. The number of esters is 1. The number of rotatable bonds is 8. The summed E-state index contributed by atoms with van der Waals surface area (Å²) in [5.74, 6) is -0.384. The number of aromatic nitrogens is 2. The molecule has 126 valence electrons. The van der Waals surface area contributed by atoms with Crippen LogP contribution in [0.5, 0.6) is 0 Å². The van der Waals surface area contributed by atoms with Crippen molar-refractivity contribution in [3.63, 3.8) is 0 Å². The Labute approximate surface area is 144 Å². The average Bonchev–Trinajstić information content (AvgIpc) is 2.97. The van der Waals surface area contributed by atoms with Crippen molar-refractivity contribution in [2.24, 2.45) is 0 Å². The molecular weight excluding hydrogens is 332 g/mol. The summed E-state index contributed by atoms with van der Waals surface area (Å²) < 4.78 is 6.63. The molecular formula is C16H22N2O3S2. The lowest BCUT2D eigenvalue weighted by atomic mass is 10.3. The van der Waals surface area contributed by atoms with E-state index < -0.39 is 0 Å². The predicted octanol–water partition coefficient (Wildman–Crippen LogP) is 3.48. The van der Waals surface area contributed by atoms with Crippen LogP contribution < -0.4 is 5.56 Å². The fourth-order valence-electron chi connectivity index (χ4n) is 2.23. The highest BCUT2D eigenvalue weighted by Gasteiger charge is 2.16. The number of carbonyl (C=O) groups is 1. The van der Waals surface area contributed by atoms with Gasteiger partial charge in [-0.1, -0.05) is 38.5 Å². The quantitative estimate of drug-likeness (QED) is 0.314. The summed E-state index contributed by atoms with van der Waals surface area (Å²) in [6.45, 7) is 4.47. The number of hydrogen-bond donors (Lipinski definition) is 0. The third-order valence-electron chi connectivity index (χ3n) is 3.50. The monoisotopic (exact) mass is 354 g/mol. The van der Waals surface area contributed by atoms with Gasteiger partial charge in [-0.15, -0.1) is 11.3 Å². The van der Waals surface area contributed by atoms with Crippen molar-refractivity contribution in [1.29, 1.82) is 0 Å². The molecule has 0 N–H and O–H groups in total. The van der Waals surface area contributed by atoms with E-state index in [9.17, 15) is 9.59 Å². The van der Waals surface area contributed by atoms with Crippen molar-refractivity contribution in [2.45, 2.75) is 51.2 Å². The van der Waals surface area contributed by atoms with E-state index in [-0.39, 0.29) is 18.1 Å². The lowest BCUT2D eigenvalue weighted by molar-refractivity contribution is -0.144. The number of nitrogens with zero attached hydrogens (tertiary/aromatic N) is 2. The number of thiophene rings is 1. The van der Waals surface area contributed by atoms with Gasteiger partial charge in [0, 0.05) is 4.88 Å². The van der Waals surface area contributed by atoms with Gasteiger partial charge < -0.3 is 4.74 Å². The smallest absolute Gasteiger partial charge is 0.326 e. The van der Waals surface area contributed by atoms with Crippen molar-refractivity contribution in [3.05, 3.63) is 21.3 Å². The van der Waals surface area contributed by atoms with Gasteiger partial charge in [-0.3, -0.25) is 14.2 Å². The van der Waals surface area contributed by atoms with Crippen molar-refractivity contribution < 1.29 is 9.53 Å². The molecule has 23 heavy (non-hydrogen) atoms. The first kappa shape index (κ1) is 18.0. The minimum atomic E-state index is -0.384. The normalized spacial score (nSPS) is 11.1. The van der Waals surface area contributed by atoms with Crippen LogP contribution >= 0.6 is 23.1 Å². The van der Waals surface area contributed by atoms with Crippen LogP contribution in [0, 0.1) is 0 Å². The molecule has 2 heterocycles. The first-order chi connectivity index (χ1) is 11.1. The number of unbranched alkanes of at least 4 members (excludes halogenated alkanes) is 2. The second kappa shape index (κ2) is 8.49. The van der Waals surface area contributed by atoms with Crippen LogP contribution in [0.2, 0.25) is 0 Å². The highest BCUT2D eigenvalue weighted by Crippen LogP contribution is 2.24. The zero-order valence-electron chi connectivity index (χ0n) is 13.8. The summed E-state index contributed by atoms with van der Waals surface area (Å²) in [5, 5.41) is 1.14. The minimum absolute atomic E-state index is 0.0820. The molecule has 2 aromatic rings. The molecule has 0 amide bonds. The summed E-state index contributed by atoms with van der Waals surface area (Å²) in [5.41, 5.74) is -0.166. The molecule has 0 aliphatic heterocycles. The lowest BCUT2D eigenvalue weighted by Gasteiger charge is -2.10. The van der Waals surface area contributed by atoms with Crippen LogP contribution in [0.1, 0.15) is 38.0 Å². The zero-order valence-corrected chi connectivity index (χ0v) is 15.4. The number of fused-ring (bicyclic) bond motifs is 1. The van der Waals surface area contributed by atoms with Gasteiger partial charge in [0.15, 0.2) is 5.16 Å². The van der Waals surface area contributed by atoms with Crippen LogP contribution in [0.15, 0.2) is 16.0 Å². The molecule has 0 atom stereocenters. The molecule has 0 unspecified atom stereocenters. The maximum Gasteiger partial charge on any atom is 0.326 e. The number of aryl methyl sites for hydroxylation is 1. The Balaban J connectivity index is 2.23. The van der Waals surface area contributed by atoms with Crippen LogP contribution in [0.3, 0.4) is 0 Å². The van der Waals surface area contributed by atoms with Crippen molar-refractivity contribution in [2.75, 3.05) is 12.9 Å². The molecule has 0 saturated heterocycles. The third-order valence-corrected chi connectivity index (χ3v) is 5.35. The molecule has 2 rings (SSSR count). The van der Waals surface area contributed by atoms with Gasteiger partial charge in [0.1, 0.15) is 11.4 Å². The Hall–Kier alpha value is -1.34. The van der Waals surface area contributed by atoms with E-state index in [1.165, 1.54) is 27.7 Å². The molecule has 7 heteroatoms. The topological polar surface area (TPSA) is 61.2 Å². The lowest BCUT2D eigenvalue weighted by Crippen LogP contribution is -2.27. The van der Waals surface area contributed by atoms with Gasteiger partial charge >= 0.3 is 5.97 Å². The fraction of sp³-hybridized carbons (Fsp3) is 0.562. The Kier molecular flexibility index (Phi) is 6.65. The van der Waals surface area contributed by atoms with Gasteiger partial charge in [0.05, 0.1) is 12.0 Å². The highest BCUT2D eigenvalue weighted by atomic mass is 32.2. The van der Waals surface area contributed by atoms with Crippen LogP contribution in [0.25, 0.3) is 10.2 Å². The molecule has 5 nitrogen and oxygen atoms in total. The Morgan fingerprint density at radius 2 is 2.17 bits per heavy atom. The molecule has 0 fully saturated rings. The molecule has 0 radical (unpaired) electrons. The molecule has 0 aliphatic carbocycles. The number of carbonyl (C=O) groups excluding carboxylic acids is 1. The van der Waals surface area contributed by atoms with Gasteiger partial charge in [-0.2, -0.15) is 0 Å². The van der Waals surface area contributed by atoms with Gasteiger partial charge in [0.25, 0.3) is 5.56 Å². The largest absolute Gasteiger partial charge is 0.464 e. The van der Waals surface area contributed by atoms with E-state index in [0.717, 1.165) is 35.4 Å². The SMILES string of the molecule is CCCCCOC(=O)Cn1c(SC)nc2sc(CC)cc2c1=O. The van der Waals surface area contributed by atoms with Crippen LogP contribution in [0.4, 0.5) is 0 Å². The molecule has 0 spiro atoms. The van der Waals surface area contributed by atoms with Gasteiger partial charge in [-0.25, -0.2) is 4.98 Å². The van der Waals surface area contributed by atoms with E-state index in [0.29, 0.717) is 17.1 Å². The second-order valence-corrected chi connectivity index (χ2v) is 7.09. The van der Waals surface area contributed by atoms with E-state index in [4.69, 9.17) is 4.74 Å². The summed E-state index contributed by atoms with van der Waals surface area (Å²) in [4.78, 5) is 31.0. The first-order valence-electron chi connectivity index (χ1n) is 7.83. The maximum atomic E-state index is 12.7. The third kappa shape index (κ3) is 4.35. The van der Waals surface area contributed by atoms with Crippen molar-refractivity contribution >= 4 is 39.3 Å². The predicted molar refractivity (Wildman–Crippen MR) is 95.5 cm³/mol. The molecule has 0 aromatic carbocycles. The Bertz CT molecular complexity index is 737. The van der Waals surface area contributed by atoms with Gasteiger partial charge in [0.2, 0.25) is 0 Å². The maximum absolute atomic E-state index is 12.7. The molecule has 2 aromatic heterocycles. The van der Waals surface area contributed by atoms with E-state index >= 15 is 0 Å². The van der Waals surface area contributed by atoms with Crippen LogP contribution in [-0.4, -0.2) is 28.4 Å². The minimum Gasteiger partial charge on any atom is -0.464 e. The molecule has 0 saturated carbocycles.